The number of halogens is 2. The molecule has 4 heteroatoms. The number of hydrogen-bond acceptors (Lipinski definition) is 0. The topological polar surface area (TPSA) is 0 Å². The first-order valence-electron chi connectivity index (χ1n) is 13.7. The van der Waals surface area contributed by atoms with Crippen LogP contribution in [0, 0.1) is 22.7 Å². The van der Waals surface area contributed by atoms with Crippen LogP contribution in [0.15, 0.2) is 102 Å². The first kappa shape index (κ1) is 33.3. The predicted molar refractivity (Wildman–Crippen MR) is 174 cm³/mol. The first-order chi connectivity index (χ1) is 16.6. The molecule has 0 heterocycles. The fraction of sp³-hybridized carbons (Fsp3) is 0.412. The number of hydrogen-bond donors (Lipinski definition) is 0. The molecule has 0 spiro atoms. The Kier molecular flexibility index (Phi) is 9.76. The molecule has 38 heavy (non-hydrogen) atoms. The summed E-state index contributed by atoms with van der Waals surface area (Å²) in [4.78, 5) is 0. The quantitative estimate of drug-likeness (QED) is 0.277. The van der Waals surface area contributed by atoms with E-state index in [1.807, 2.05) is 0 Å². The molecule has 4 rings (SSSR count). The minimum atomic E-state index is -4.53. The fourth-order valence-corrected chi connectivity index (χ4v) is 49.5. The van der Waals surface area contributed by atoms with Crippen LogP contribution in [0.5, 0.6) is 0 Å². The third-order valence-corrected chi connectivity index (χ3v) is 48.0. The van der Waals surface area contributed by atoms with E-state index in [1.54, 1.807) is 35.6 Å². The maximum Gasteiger partial charge on any atom is -0.147 e. The van der Waals surface area contributed by atoms with Crippen molar-refractivity contribution in [3.8, 4) is 0 Å². The minimum absolute atomic E-state index is 0. The Morgan fingerprint density at radius 1 is 0.579 bits per heavy atom. The van der Waals surface area contributed by atoms with Gasteiger partial charge in [0.25, 0.3) is 0 Å². The van der Waals surface area contributed by atoms with Gasteiger partial charge in [-0.25, -0.2) is 0 Å². The zero-order valence-electron chi connectivity index (χ0n) is 25.1. The van der Waals surface area contributed by atoms with Crippen molar-refractivity contribution in [2.45, 2.75) is 69.2 Å². The fourth-order valence-electron chi connectivity index (χ4n) is 7.89. The maximum absolute atomic E-state index is 4.53. The molecule has 2 atom stereocenters. The Labute approximate surface area is 247 Å². The predicted octanol–water partition coefficient (Wildman–Crippen LogP) is 8.51. The Bertz CT molecular complexity index is 1270. The summed E-state index contributed by atoms with van der Waals surface area (Å²) >= 11 is -4.53. The molecule has 0 aromatic heterocycles. The van der Waals surface area contributed by atoms with E-state index < -0.39 is 17.1 Å². The molecular weight excluding hydrogens is 686 g/mol. The van der Waals surface area contributed by atoms with Gasteiger partial charge in [0.1, 0.15) is 0 Å². The molecule has 0 saturated heterocycles. The monoisotopic (exact) mass is 734 g/mol. The summed E-state index contributed by atoms with van der Waals surface area (Å²) in [6.07, 6.45) is 5.21. The van der Waals surface area contributed by atoms with Crippen LogP contribution in [0.1, 0.15) is 69.2 Å². The molecule has 0 bridgehead atoms. The van der Waals surface area contributed by atoms with Crippen LogP contribution in [0.2, 0.25) is 0 Å². The van der Waals surface area contributed by atoms with Crippen LogP contribution < -0.4 is 6.64 Å². The van der Waals surface area contributed by atoms with E-state index in [1.165, 1.54) is 0 Å². The SMILES string of the molecule is CC1=[C]([Hf](=[SiH2])([C]2=C(C)C(C(C)(C)C)=CC2C)([c]2ccccc2)[c]2ccccc2)C(C)C=C1C(C)(C)C.Cl.Cl. The molecule has 2 aliphatic rings. The smallest absolute Gasteiger partial charge is 0.147 e. The van der Waals surface area contributed by atoms with E-state index in [0.717, 1.165) is 0 Å². The van der Waals surface area contributed by atoms with Gasteiger partial charge in [0.15, 0.2) is 0 Å². The van der Waals surface area contributed by atoms with E-state index in [4.69, 9.17) is 0 Å². The van der Waals surface area contributed by atoms with Gasteiger partial charge in [-0.1, -0.05) is 0 Å². The average Bonchev–Trinajstić information content (AvgIpc) is 3.30. The standard InChI is InChI=1S/2C11H17.2C6H5.2ClH.Hf.H2Si/c2*1-8-6-9(2)10(7-8)11(3,4)5;2*1-2-4-6-5-3-1;;;;/h2*7-8H,1-5H3;2*1-5H;2*1H;;1H2. The van der Waals surface area contributed by atoms with Gasteiger partial charge in [-0.05, 0) is 0 Å². The summed E-state index contributed by atoms with van der Waals surface area (Å²) < 4.78 is 6.71. The molecule has 0 N–H and O–H groups in total. The van der Waals surface area contributed by atoms with E-state index in [2.05, 4.69) is 149 Å². The zero-order valence-corrected chi connectivity index (χ0v) is 31.7. The summed E-state index contributed by atoms with van der Waals surface area (Å²) in [6, 6.07) is 23.4. The average molecular weight is 734 g/mol. The Morgan fingerprint density at radius 3 is 1.11 bits per heavy atom. The molecule has 2 aliphatic carbocycles. The van der Waals surface area contributed by atoms with Gasteiger partial charge in [-0.15, -0.1) is 24.8 Å². The van der Waals surface area contributed by atoms with Crippen molar-refractivity contribution in [2.24, 2.45) is 22.7 Å². The zero-order chi connectivity index (χ0) is 26.7. The molecule has 0 nitrogen and oxygen atoms in total. The number of rotatable bonds is 4. The Morgan fingerprint density at radius 2 is 0.868 bits per heavy atom. The number of allylic oxidation sites excluding steroid dienone is 8. The molecule has 0 radical (unpaired) electrons. The molecule has 0 aliphatic heterocycles. The van der Waals surface area contributed by atoms with Crippen LogP contribution in [0.25, 0.3) is 0 Å². The first-order valence-corrected chi connectivity index (χ1v) is 29.2. The van der Waals surface area contributed by atoms with Crippen LogP contribution >= 0.6 is 24.8 Å². The van der Waals surface area contributed by atoms with E-state index in [9.17, 15) is 0 Å². The van der Waals surface area contributed by atoms with Crippen molar-refractivity contribution in [1.82, 2.24) is 0 Å². The second-order valence-electron chi connectivity index (χ2n) is 13.5. The van der Waals surface area contributed by atoms with Gasteiger partial charge in [-0.2, -0.15) is 0 Å². The minimum Gasteiger partial charge on any atom is -0.147 e. The van der Waals surface area contributed by atoms with Crippen molar-refractivity contribution >= 4 is 38.4 Å². The second-order valence-corrected chi connectivity index (χ2v) is 43.6. The van der Waals surface area contributed by atoms with Gasteiger partial charge in [0, 0.05) is 0 Å². The summed E-state index contributed by atoms with van der Waals surface area (Å²) in [5.74, 6) is 0.859. The third kappa shape index (κ3) is 4.91. The molecule has 0 amide bonds. The summed E-state index contributed by atoms with van der Waals surface area (Å²) in [7, 11) is 0. The van der Waals surface area contributed by atoms with Gasteiger partial charge in [0.2, 0.25) is 0 Å². The third-order valence-electron chi connectivity index (χ3n) is 8.99. The van der Waals surface area contributed by atoms with Crippen molar-refractivity contribution in [3.05, 3.63) is 102 Å². The normalized spacial score (nSPS) is 20.6. The Hall–Kier alpha value is -0.933. The largest absolute Gasteiger partial charge is 0.147 e. The molecule has 2 aromatic carbocycles. The van der Waals surface area contributed by atoms with Crippen molar-refractivity contribution in [1.29, 1.82) is 0 Å². The molecule has 0 fully saturated rings. The van der Waals surface area contributed by atoms with Crippen molar-refractivity contribution < 1.29 is 17.1 Å². The maximum atomic E-state index is 2.61. The van der Waals surface area contributed by atoms with Gasteiger partial charge >= 0.3 is 224 Å². The van der Waals surface area contributed by atoms with Crippen molar-refractivity contribution in [3.63, 3.8) is 0 Å². The summed E-state index contributed by atoms with van der Waals surface area (Å²) in [5, 5.41) is 0. The summed E-state index contributed by atoms with van der Waals surface area (Å²) in [6.45, 7) is 26.6. The van der Waals surface area contributed by atoms with Crippen LogP contribution in [-0.4, -0.2) is 6.94 Å². The van der Waals surface area contributed by atoms with E-state index in [-0.39, 0.29) is 35.6 Å². The second kappa shape index (κ2) is 11.2. The summed E-state index contributed by atoms with van der Waals surface area (Å²) in [5.41, 5.74) is 6.46. The van der Waals surface area contributed by atoms with Crippen LogP contribution in [0.3, 0.4) is 0 Å². The molecule has 0 saturated carbocycles. The molecule has 206 valence electrons. The molecule has 2 aromatic rings. The van der Waals surface area contributed by atoms with Gasteiger partial charge in [0.05, 0.1) is 0 Å². The Balaban J connectivity index is 0.00000253. The van der Waals surface area contributed by atoms with Crippen LogP contribution in [0.4, 0.5) is 0 Å². The van der Waals surface area contributed by atoms with Crippen LogP contribution in [-0.2, 0) is 17.1 Å². The van der Waals surface area contributed by atoms with E-state index >= 15 is 0 Å². The molecule has 2 unspecified atom stereocenters. The number of benzene rings is 2. The van der Waals surface area contributed by atoms with Crippen molar-refractivity contribution in [2.75, 3.05) is 0 Å². The van der Waals surface area contributed by atoms with Gasteiger partial charge in [-0.3, -0.25) is 0 Å². The van der Waals surface area contributed by atoms with E-state index in [0.29, 0.717) is 11.8 Å². The molecular formula is C34H48Cl2HfSi. The van der Waals surface area contributed by atoms with Gasteiger partial charge < -0.3 is 0 Å².